The molecule has 4 rings (SSSR count). The number of aryl methyl sites for hydroxylation is 2. The van der Waals surface area contributed by atoms with E-state index in [-0.39, 0.29) is 24.5 Å². The Labute approximate surface area is 185 Å². The van der Waals surface area contributed by atoms with Crippen molar-refractivity contribution in [1.82, 2.24) is 14.7 Å². The van der Waals surface area contributed by atoms with Gasteiger partial charge in [-0.1, -0.05) is 42.0 Å². The van der Waals surface area contributed by atoms with Crippen LogP contribution in [-0.4, -0.2) is 71.9 Å². The molecule has 0 aromatic heterocycles. The Morgan fingerprint density at radius 1 is 0.935 bits per heavy atom. The summed E-state index contributed by atoms with van der Waals surface area (Å²) in [5.74, 6) is 0.0431. The largest absolute Gasteiger partial charge is 0.365 e. The number of rotatable bonds is 5. The molecular formula is C25H32N4O2. The molecule has 2 saturated heterocycles. The van der Waals surface area contributed by atoms with Gasteiger partial charge in [0.25, 0.3) is 0 Å². The molecule has 2 aromatic carbocycles. The van der Waals surface area contributed by atoms with E-state index >= 15 is 0 Å². The first-order valence-electron chi connectivity index (χ1n) is 11.1. The normalized spacial score (nSPS) is 19.3. The predicted octanol–water partition coefficient (Wildman–Crippen LogP) is 3.28. The fraction of sp³-hybridized carbons (Fsp3) is 0.440. The van der Waals surface area contributed by atoms with E-state index in [1.165, 1.54) is 16.8 Å². The molecule has 31 heavy (non-hydrogen) atoms. The highest BCUT2D eigenvalue weighted by Gasteiger charge is 2.33. The third-order valence-electron chi connectivity index (χ3n) is 6.28. The Morgan fingerprint density at radius 3 is 2.35 bits per heavy atom. The number of hydrogen-bond acceptors (Lipinski definition) is 3. The number of piperazine rings is 1. The molecule has 2 aliphatic rings. The molecule has 0 saturated carbocycles. The Bertz CT molecular complexity index is 960. The lowest BCUT2D eigenvalue weighted by atomic mass is 10.1. The molecule has 6 heteroatoms. The minimum Gasteiger partial charge on any atom is -0.365 e. The third kappa shape index (κ3) is 4.84. The lowest BCUT2D eigenvalue weighted by molar-refractivity contribution is -0.132. The quantitative estimate of drug-likeness (QED) is 0.746. The molecule has 1 unspecified atom stereocenters. The van der Waals surface area contributed by atoms with E-state index in [1.54, 1.807) is 4.90 Å². The van der Waals surface area contributed by atoms with Crippen molar-refractivity contribution in [3.8, 4) is 0 Å². The molecule has 2 heterocycles. The number of anilines is 1. The van der Waals surface area contributed by atoms with Crippen LogP contribution in [0, 0.1) is 13.8 Å². The number of urea groups is 1. The van der Waals surface area contributed by atoms with Crippen molar-refractivity contribution in [2.24, 2.45) is 0 Å². The zero-order valence-corrected chi connectivity index (χ0v) is 18.8. The van der Waals surface area contributed by atoms with Crippen molar-refractivity contribution in [2.75, 3.05) is 44.2 Å². The molecule has 0 spiro atoms. The summed E-state index contributed by atoms with van der Waals surface area (Å²) in [5, 5.41) is 0. The Kier molecular flexibility index (Phi) is 6.16. The Balaban J connectivity index is 1.31. The van der Waals surface area contributed by atoms with Crippen LogP contribution in [-0.2, 0) is 11.3 Å². The molecule has 0 bridgehead atoms. The highest BCUT2D eigenvalue weighted by Crippen LogP contribution is 2.22. The molecule has 2 aliphatic heterocycles. The van der Waals surface area contributed by atoms with Crippen molar-refractivity contribution in [1.29, 1.82) is 0 Å². The van der Waals surface area contributed by atoms with Crippen LogP contribution in [0.3, 0.4) is 0 Å². The highest BCUT2D eigenvalue weighted by molar-refractivity contribution is 5.85. The van der Waals surface area contributed by atoms with E-state index in [9.17, 15) is 9.59 Å². The lowest BCUT2D eigenvalue weighted by Gasteiger charge is -2.41. The average molecular weight is 421 g/mol. The van der Waals surface area contributed by atoms with Gasteiger partial charge in [-0.25, -0.2) is 4.79 Å². The van der Waals surface area contributed by atoms with Crippen LogP contribution in [0.15, 0.2) is 48.5 Å². The van der Waals surface area contributed by atoms with Crippen molar-refractivity contribution in [2.45, 2.75) is 33.4 Å². The van der Waals surface area contributed by atoms with Crippen LogP contribution in [0.25, 0.3) is 0 Å². The maximum absolute atomic E-state index is 12.9. The summed E-state index contributed by atoms with van der Waals surface area (Å²) in [5.41, 5.74) is 4.77. The summed E-state index contributed by atoms with van der Waals surface area (Å²) >= 11 is 0. The van der Waals surface area contributed by atoms with Crippen LogP contribution in [0.5, 0.6) is 0 Å². The molecule has 6 nitrogen and oxygen atoms in total. The highest BCUT2D eigenvalue weighted by atomic mass is 16.2. The third-order valence-corrected chi connectivity index (χ3v) is 6.28. The van der Waals surface area contributed by atoms with Crippen LogP contribution >= 0.6 is 0 Å². The van der Waals surface area contributed by atoms with Gasteiger partial charge in [-0.05, 0) is 44.0 Å². The van der Waals surface area contributed by atoms with E-state index in [1.807, 2.05) is 21.9 Å². The van der Waals surface area contributed by atoms with Gasteiger partial charge in [-0.15, -0.1) is 0 Å². The van der Waals surface area contributed by atoms with E-state index in [0.29, 0.717) is 32.7 Å². The zero-order chi connectivity index (χ0) is 22.0. The van der Waals surface area contributed by atoms with E-state index < -0.39 is 0 Å². The van der Waals surface area contributed by atoms with Crippen LogP contribution in [0.2, 0.25) is 0 Å². The number of carbonyl (C=O) groups excluding carboxylic acids is 2. The molecule has 164 valence electrons. The predicted molar refractivity (Wildman–Crippen MR) is 123 cm³/mol. The lowest BCUT2D eigenvalue weighted by Crippen LogP contribution is -2.55. The van der Waals surface area contributed by atoms with Crippen molar-refractivity contribution in [3.63, 3.8) is 0 Å². The monoisotopic (exact) mass is 420 g/mol. The molecule has 0 N–H and O–H groups in total. The smallest absolute Gasteiger partial charge is 0.320 e. The maximum atomic E-state index is 12.9. The summed E-state index contributed by atoms with van der Waals surface area (Å²) in [7, 11) is 0. The van der Waals surface area contributed by atoms with Crippen molar-refractivity contribution in [3.05, 3.63) is 65.2 Å². The minimum absolute atomic E-state index is 0.0405. The molecular weight excluding hydrogens is 388 g/mol. The SMILES string of the molecule is Cc1cccc(CN2CCN(CC(=O)N3CCN(c4cccc(C)c4)C(C)C3)C2=O)c1. The first-order chi connectivity index (χ1) is 14.9. The van der Waals surface area contributed by atoms with Gasteiger partial charge < -0.3 is 19.6 Å². The van der Waals surface area contributed by atoms with Gasteiger partial charge in [-0.3, -0.25) is 4.79 Å². The van der Waals surface area contributed by atoms with Crippen molar-refractivity contribution < 1.29 is 9.59 Å². The molecule has 1 atom stereocenters. The first-order valence-corrected chi connectivity index (χ1v) is 11.1. The van der Waals surface area contributed by atoms with E-state index in [4.69, 9.17) is 0 Å². The fourth-order valence-electron chi connectivity index (χ4n) is 4.59. The second kappa shape index (κ2) is 9.00. The van der Waals surface area contributed by atoms with E-state index in [0.717, 1.165) is 12.1 Å². The number of hydrogen-bond donors (Lipinski definition) is 0. The Hall–Kier alpha value is -3.02. The van der Waals surface area contributed by atoms with Gasteiger partial charge in [0.1, 0.15) is 6.54 Å². The Morgan fingerprint density at radius 2 is 1.65 bits per heavy atom. The second-order valence-corrected chi connectivity index (χ2v) is 8.84. The average Bonchev–Trinajstić information content (AvgIpc) is 3.07. The molecule has 0 radical (unpaired) electrons. The molecule has 3 amide bonds. The van der Waals surface area contributed by atoms with Gasteiger partial charge in [0.05, 0.1) is 0 Å². The maximum Gasteiger partial charge on any atom is 0.320 e. The van der Waals surface area contributed by atoms with Crippen LogP contribution in [0.4, 0.5) is 10.5 Å². The summed E-state index contributed by atoms with van der Waals surface area (Å²) in [4.78, 5) is 33.6. The van der Waals surface area contributed by atoms with Gasteiger partial charge >= 0.3 is 6.03 Å². The van der Waals surface area contributed by atoms with Crippen LogP contribution < -0.4 is 4.90 Å². The summed E-state index contributed by atoms with van der Waals surface area (Å²) in [6.45, 7) is 10.5. The van der Waals surface area contributed by atoms with Gasteiger partial charge in [-0.2, -0.15) is 0 Å². The second-order valence-electron chi connectivity index (χ2n) is 8.84. The number of benzene rings is 2. The molecule has 2 fully saturated rings. The number of amides is 3. The number of nitrogens with zero attached hydrogens (tertiary/aromatic N) is 4. The summed E-state index contributed by atoms with van der Waals surface area (Å²) in [6, 6.07) is 16.9. The van der Waals surface area contributed by atoms with Gasteiger partial charge in [0.15, 0.2) is 0 Å². The van der Waals surface area contributed by atoms with Crippen molar-refractivity contribution >= 4 is 17.6 Å². The molecule has 0 aliphatic carbocycles. The zero-order valence-electron chi connectivity index (χ0n) is 18.8. The number of carbonyl (C=O) groups is 2. The van der Waals surface area contributed by atoms with Gasteiger partial charge in [0.2, 0.25) is 5.91 Å². The van der Waals surface area contributed by atoms with E-state index in [2.05, 4.69) is 62.1 Å². The first kappa shape index (κ1) is 21.2. The van der Waals surface area contributed by atoms with Crippen LogP contribution in [0.1, 0.15) is 23.6 Å². The molecule has 2 aromatic rings. The topological polar surface area (TPSA) is 47.1 Å². The minimum atomic E-state index is -0.0405. The fourth-order valence-corrected chi connectivity index (χ4v) is 4.59. The standard InChI is InChI=1S/C25H32N4O2/c1-19-6-4-8-22(14-19)17-27-10-11-28(25(27)31)18-24(30)26-12-13-29(21(3)16-26)23-9-5-7-20(2)15-23/h4-9,14-15,21H,10-13,16-18H2,1-3H3. The summed E-state index contributed by atoms with van der Waals surface area (Å²) in [6.07, 6.45) is 0. The summed E-state index contributed by atoms with van der Waals surface area (Å²) < 4.78 is 0. The van der Waals surface area contributed by atoms with Gasteiger partial charge in [0, 0.05) is 51.0 Å².